The van der Waals surface area contributed by atoms with Gasteiger partial charge in [0.2, 0.25) is 5.91 Å². The molecule has 3 heterocycles. The molecular formula is C16H20N4O3. The van der Waals surface area contributed by atoms with Gasteiger partial charge in [-0.1, -0.05) is 5.16 Å². The van der Waals surface area contributed by atoms with E-state index >= 15 is 0 Å². The first-order chi connectivity index (χ1) is 11.0. The van der Waals surface area contributed by atoms with E-state index in [1.807, 2.05) is 26.8 Å². The van der Waals surface area contributed by atoms with Gasteiger partial charge in [-0.2, -0.15) is 0 Å². The first kappa shape index (κ1) is 15.6. The number of nitrogens with zero attached hydrogens (tertiary/aromatic N) is 4. The molecule has 7 heteroatoms. The van der Waals surface area contributed by atoms with Crippen molar-refractivity contribution in [1.82, 2.24) is 20.0 Å². The van der Waals surface area contributed by atoms with Crippen molar-refractivity contribution in [2.75, 3.05) is 19.7 Å². The fourth-order valence-corrected chi connectivity index (χ4v) is 2.67. The molecule has 0 spiro atoms. The van der Waals surface area contributed by atoms with Crippen LogP contribution >= 0.6 is 0 Å². The van der Waals surface area contributed by atoms with Gasteiger partial charge in [0.1, 0.15) is 11.9 Å². The number of aromatic nitrogens is 3. The number of carbonyl (C=O) groups is 1. The lowest BCUT2D eigenvalue weighted by atomic mass is 10.1. The van der Waals surface area contributed by atoms with Gasteiger partial charge in [-0.3, -0.25) is 4.79 Å². The van der Waals surface area contributed by atoms with Crippen LogP contribution in [0.25, 0.3) is 0 Å². The Morgan fingerprint density at radius 3 is 2.91 bits per heavy atom. The largest absolute Gasteiger partial charge is 0.367 e. The van der Waals surface area contributed by atoms with Crippen LogP contribution in [-0.2, 0) is 16.0 Å². The maximum absolute atomic E-state index is 12.6. The Morgan fingerprint density at radius 2 is 2.22 bits per heavy atom. The normalized spacial score (nSPS) is 18.2. The fraction of sp³-hybridized carbons (Fsp3) is 0.500. The van der Waals surface area contributed by atoms with Crippen LogP contribution in [0.4, 0.5) is 0 Å². The zero-order valence-electron chi connectivity index (χ0n) is 13.6. The maximum Gasteiger partial charge on any atom is 0.227 e. The van der Waals surface area contributed by atoms with E-state index in [9.17, 15) is 4.79 Å². The molecule has 23 heavy (non-hydrogen) atoms. The molecule has 1 aliphatic rings. The Balaban J connectivity index is 1.70. The second-order valence-electron chi connectivity index (χ2n) is 5.73. The minimum Gasteiger partial charge on any atom is -0.367 e. The number of hydrogen-bond acceptors (Lipinski definition) is 6. The summed E-state index contributed by atoms with van der Waals surface area (Å²) < 4.78 is 10.9. The summed E-state index contributed by atoms with van der Waals surface area (Å²) in [5.41, 5.74) is 2.52. The van der Waals surface area contributed by atoms with Crippen molar-refractivity contribution < 1.29 is 14.1 Å². The quantitative estimate of drug-likeness (QED) is 0.854. The Bertz CT molecular complexity index is 694. The van der Waals surface area contributed by atoms with E-state index in [4.69, 9.17) is 9.26 Å². The summed E-state index contributed by atoms with van der Waals surface area (Å²) in [6.07, 6.45) is 1.73. The summed E-state index contributed by atoms with van der Waals surface area (Å²) in [6, 6.07) is 1.84. The molecule has 2 aromatic heterocycles. The third kappa shape index (κ3) is 3.39. The summed E-state index contributed by atoms with van der Waals surface area (Å²) in [5.74, 6) is 1.36. The number of morpholine rings is 1. The molecule has 0 unspecified atom stereocenters. The van der Waals surface area contributed by atoms with Crippen molar-refractivity contribution in [3.8, 4) is 0 Å². The molecule has 0 radical (unpaired) electrons. The lowest BCUT2D eigenvalue weighted by Crippen LogP contribution is -2.43. The van der Waals surface area contributed by atoms with Gasteiger partial charge in [-0.15, -0.1) is 0 Å². The molecule has 1 amide bonds. The summed E-state index contributed by atoms with van der Waals surface area (Å²) in [7, 11) is 0. The minimum atomic E-state index is -0.280. The summed E-state index contributed by atoms with van der Waals surface area (Å²) in [4.78, 5) is 23.0. The van der Waals surface area contributed by atoms with Gasteiger partial charge < -0.3 is 14.2 Å². The number of ether oxygens (including phenoxy) is 1. The Kier molecular flexibility index (Phi) is 4.38. The van der Waals surface area contributed by atoms with E-state index in [-0.39, 0.29) is 12.0 Å². The van der Waals surface area contributed by atoms with Crippen LogP contribution in [0, 0.1) is 20.8 Å². The minimum absolute atomic E-state index is 0.0420. The molecule has 3 rings (SSSR count). The van der Waals surface area contributed by atoms with E-state index in [1.54, 1.807) is 11.1 Å². The van der Waals surface area contributed by atoms with E-state index in [0.717, 1.165) is 17.0 Å². The zero-order chi connectivity index (χ0) is 16.4. The van der Waals surface area contributed by atoms with E-state index in [0.29, 0.717) is 37.7 Å². The molecule has 0 saturated carbocycles. The van der Waals surface area contributed by atoms with Gasteiger partial charge in [0.05, 0.1) is 25.3 Å². The van der Waals surface area contributed by atoms with Crippen LogP contribution in [0.1, 0.15) is 34.6 Å². The second kappa shape index (κ2) is 6.45. The topological polar surface area (TPSA) is 81.4 Å². The third-order valence-electron chi connectivity index (χ3n) is 4.03. The molecule has 1 fully saturated rings. The highest BCUT2D eigenvalue weighted by Gasteiger charge is 2.28. The Hall–Kier alpha value is -2.28. The van der Waals surface area contributed by atoms with Crippen LogP contribution in [0.5, 0.6) is 0 Å². The molecule has 0 aliphatic carbocycles. The molecule has 1 saturated heterocycles. The molecule has 122 valence electrons. The third-order valence-corrected chi connectivity index (χ3v) is 4.03. The first-order valence-corrected chi connectivity index (χ1v) is 7.65. The molecule has 0 N–H and O–H groups in total. The molecule has 1 aliphatic heterocycles. The predicted molar refractivity (Wildman–Crippen MR) is 81.7 cm³/mol. The Labute approximate surface area is 134 Å². The number of aryl methyl sites for hydroxylation is 3. The molecule has 7 nitrogen and oxygen atoms in total. The zero-order valence-corrected chi connectivity index (χ0v) is 13.6. The van der Waals surface area contributed by atoms with Gasteiger partial charge >= 0.3 is 0 Å². The molecule has 1 atom stereocenters. The van der Waals surface area contributed by atoms with E-state index in [1.165, 1.54) is 0 Å². The van der Waals surface area contributed by atoms with Crippen molar-refractivity contribution in [2.24, 2.45) is 0 Å². The first-order valence-electron chi connectivity index (χ1n) is 7.65. The van der Waals surface area contributed by atoms with Gasteiger partial charge in [-0.25, -0.2) is 9.97 Å². The highest BCUT2D eigenvalue weighted by Crippen LogP contribution is 2.21. The van der Waals surface area contributed by atoms with Crippen LogP contribution in [0.15, 0.2) is 16.8 Å². The summed E-state index contributed by atoms with van der Waals surface area (Å²) >= 11 is 0. The maximum atomic E-state index is 12.6. The Morgan fingerprint density at radius 1 is 1.39 bits per heavy atom. The van der Waals surface area contributed by atoms with Crippen LogP contribution in [0.3, 0.4) is 0 Å². The number of hydrogen-bond donors (Lipinski definition) is 0. The average Bonchev–Trinajstić information content (AvgIpc) is 2.87. The molecule has 0 bridgehead atoms. The number of carbonyl (C=O) groups excluding carboxylic acids is 1. The lowest BCUT2D eigenvalue weighted by molar-refractivity contribution is -0.138. The van der Waals surface area contributed by atoms with E-state index < -0.39 is 0 Å². The highest BCUT2D eigenvalue weighted by atomic mass is 16.5. The van der Waals surface area contributed by atoms with Crippen molar-refractivity contribution in [2.45, 2.75) is 33.3 Å². The molecule has 2 aromatic rings. The second-order valence-corrected chi connectivity index (χ2v) is 5.73. The van der Waals surface area contributed by atoms with Crippen LogP contribution in [0.2, 0.25) is 0 Å². The molecular weight excluding hydrogens is 296 g/mol. The van der Waals surface area contributed by atoms with Crippen LogP contribution < -0.4 is 0 Å². The van der Waals surface area contributed by atoms with Crippen molar-refractivity contribution in [1.29, 1.82) is 0 Å². The number of amides is 1. The van der Waals surface area contributed by atoms with Gasteiger partial charge in [0.25, 0.3) is 0 Å². The summed E-state index contributed by atoms with van der Waals surface area (Å²) in [5, 5.41) is 3.90. The van der Waals surface area contributed by atoms with Gasteiger partial charge in [0, 0.05) is 24.0 Å². The van der Waals surface area contributed by atoms with Crippen molar-refractivity contribution in [3.05, 3.63) is 40.8 Å². The lowest BCUT2D eigenvalue weighted by Gasteiger charge is -2.32. The van der Waals surface area contributed by atoms with Gasteiger partial charge in [0.15, 0.2) is 5.82 Å². The summed E-state index contributed by atoms with van der Waals surface area (Å²) in [6.45, 7) is 7.10. The number of rotatable bonds is 3. The predicted octanol–water partition coefficient (Wildman–Crippen LogP) is 1.53. The van der Waals surface area contributed by atoms with E-state index in [2.05, 4.69) is 15.1 Å². The monoisotopic (exact) mass is 316 g/mol. The van der Waals surface area contributed by atoms with Crippen LogP contribution in [-0.4, -0.2) is 45.6 Å². The molecule has 0 aromatic carbocycles. The standard InChI is InChI=1S/C16H20N4O3/c1-10-4-5-17-16(18-10)14-9-20(6-7-22-14)15(21)8-13-11(2)19-23-12(13)3/h4-5,14H,6-9H2,1-3H3/t14-/m0/s1. The van der Waals surface area contributed by atoms with Crippen molar-refractivity contribution >= 4 is 5.91 Å². The van der Waals surface area contributed by atoms with Crippen molar-refractivity contribution in [3.63, 3.8) is 0 Å². The average molecular weight is 316 g/mol. The SMILES string of the molecule is Cc1ccnc([C@@H]2CN(C(=O)Cc3c(C)noc3C)CCO2)n1. The smallest absolute Gasteiger partial charge is 0.227 e. The van der Waals surface area contributed by atoms with Gasteiger partial charge in [-0.05, 0) is 26.8 Å². The highest BCUT2D eigenvalue weighted by molar-refractivity contribution is 5.79. The fourth-order valence-electron chi connectivity index (χ4n) is 2.67.